The lowest BCUT2D eigenvalue weighted by Gasteiger charge is -2.16. The standard InChI is InChI=1S/C11H15F2NO/c1-6(2)5-9(14)7-3-4-8(12)10(13)11(7)15/h3-4,6,9,15H,5,14H2,1-2H3/t9-/m1/s1. The molecule has 0 bridgehead atoms. The highest BCUT2D eigenvalue weighted by Crippen LogP contribution is 2.30. The Hall–Kier alpha value is -1.16. The Morgan fingerprint density at radius 3 is 2.47 bits per heavy atom. The number of halogens is 2. The van der Waals surface area contributed by atoms with Crippen LogP contribution in [-0.2, 0) is 0 Å². The predicted octanol–water partition coefficient (Wildman–Crippen LogP) is 2.72. The minimum Gasteiger partial charge on any atom is -0.505 e. The molecule has 0 aromatic heterocycles. The molecule has 2 nitrogen and oxygen atoms in total. The van der Waals surface area contributed by atoms with Gasteiger partial charge in [-0.3, -0.25) is 0 Å². The first-order valence-corrected chi connectivity index (χ1v) is 4.86. The summed E-state index contributed by atoms with van der Waals surface area (Å²) >= 11 is 0. The normalized spacial score (nSPS) is 13.2. The minimum atomic E-state index is -1.23. The van der Waals surface area contributed by atoms with Gasteiger partial charge in [0.2, 0.25) is 5.82 Å². The van der Waals surface area contributed by atoms with Crippen LogP contribution < -0.4 is 5.73 Å². The molecule has 0 heterocycles. The summed E-state index contributed by atoms with van der Waals surface area (Å²) < 4.78 is 25.7. The molecule has 84 valence electrons. The lowest BCUT2D eigenvalue weighted by Crippen LogP contribution is -2.13. The lowest BCUT2D eigenvalue weighted by molar-refractivity contribution is 0.391. The van der Waals surface area contributed by atoms with Crippen LogP contribution in [0, 0.1) is 17.6 Å². The zero-order valence-electron chi connectivity index (χ0n) is 8.80. The van der Waals surface area contributed by atoms with Crippen LogP contribution in [-0.4, -0.2) is 5.11 Å². The summed E-state index contributed by atoms with van der Waals surface area (Å²) in [6.07, 6.45) is 0.610. The molecule has 0 spiro atoms. The SMILES string of the molecule is CC(C)C[C@@H](N)c1ccc(F)c(F)c1O. The van der Waals surface area contributed by atoms with E-state index >= 15 is 0 Å². The maximum absolute atomic E-state index is 13.0. The van der Waals surface area contributed by atoms with E-state index in [-0.39, 0.29) is 5.56 Å². The van der Waals surface area contributed by atoms with Crippen LogP contribution in [0.5, 0.6) is 5.75 Å². The number of phenols is 1. The summed E-state index contributed by atoms with van der Waals surface area (Å²) in [7, 11) is 0. The highest BCUT2D eigenvalue weighted by atomic mass is 19.2. The Bertz CT molecular complexity index is 353. The Morgan fingerprint density at radius 1 is 1.33 bits per heavy atom. The third kappa shape index (κ3) is 2.65. The Labute approximate surface area is 87.7 Å². The Morgan fingerprint density at radius 2 is 1.93 bits per heavy atom. The van der Waals surface area contributed by atoms with Crippen LogP contribution in [0.15, 0.2) is 12.1 Å². The maximum atomic E-state index is 13.0. The van der Waals surface area contributed by atoms with Gasteiger partial charge >= 0.3 is 0 Å². The first kappa shape index (κ1) is 11.9. The van der Waals surface area contributed by atoms with Gasteiger partial charge in [-0.05, 0) is 18.4 Å². The fourth-order valence-electron chi connectivity index (χ4n) is 1.49. The van der Waals surface area contributed by atoms with Crippen molar-refractivity contribution in [3.63, 3.8) is 0 Å². The number of aromatic hydroxyl groups is 1. The molecule has 3 N–H and O–H groups in total. The van der Waals surface area contributed by atoms with E-state index in [2.05, 4.69) is 0 Å². The molecule has 15 heavy (non-hydrogen) atoms. The predicted molar refractivity (Wildman–Crippen MR) is 54.4 cm³/mol. The van der Waals surface area contributed by atoms with Gasteiger partial charge in [-0.15, -0.1) is 0 Å². The van der Waals surface area contributed by atoms with Crippen molar-refractivity contribution in [1.82, 2.24) is 0 Å². The summed E-state index contributed by atoms with van der Waals surface area (Å²) in [5.74, 6) is -2.64. The van der Waals surface area contributed by atoms with Crippen LogP contribution in [0.4, 0.5) is 8.78 Å². The van der Waals surface area contributed by atoms with Gasteiger partial charge in [0.25, 0.3) is 0 Å². The van der Waals surface area contributed by atoms with Gasteiger partial charge in [0.15, 0.2) is 11.6 Å². The number of phenolic OH excluding ortho intramolecular Hbond substituents is 1. The summed E-state index contributed by atoms with van der Waals surface area (Å²) in [6.45, 7) is 3.94. The molecule has 0 saturated heterocycles. The second-order valence-electron chi connectivity index (χ2n) is 4.04. The maximum Gasteiger partial charge on any atom is 0.200 e. The molecular formula is C11H15F2NO. The van der Waals surface area contributed by atoms with Crippen molar-refractivity contribution >= 4 is 0 Å². The lowest BCUT2D eigenvalue weighted by atomic mass is 9.97. The molecule has 0 aliphatic carbocycles. The molecule has 0 radical (unpaired) electrons. The van der Waals surface area contributed by atoms with Crippen molar-refractivity contribution in [3.8, 4) is 5.75 Å². The molecule has 1 rings (SSSR count). The summed E-state index contributed by atoms with van der Waals surface area (Å²) in [6, 6.07) is 1.82. The molecule has 1 aromatic rings. The average Bonchev–Trinajstić information content (AvgIpc) is 2.13. The molecule has 0 fully saturated rings. The van der Waals surface area contributed by atoms with E-state index < -0.39 is 23.4 Å². The highest BCUT2D eigenvalue weighted by Gasteiger charge is 2.17. The molecule has 0 aliphatic heterocycles. The number of hydrogen-bond acceptors (Lipinski definition) is 2. The second kappa shape index (κ2) is 4.57. The first-order chi connectivity index (χ1) is 6.93. The fraction of sp³-hybridized carbons (Fsp3) is 0.455. The van der Waals surface area contributed by atoms with E-state index in [0.29, 0.717) is 12.3 Å². The van der Waals surface area contributed by atoms with Crippen LogP contribution >= 0.6 is 0 Å². The molecule has 0 saturated carbocycles. The third-order valence-corrected chi connectivity index (χ3v) is 2.23. The Balaban J connectivity index is 3.00. The van der Waals surface area contributed by atoms with Crippen LogP contribution in [0.25, 0.3) is 0 Å². The first-order valence-electron chi connectivity index (χ1n) is 4.86. The van der Waals surface area contributed by atoms with E-state index in [0.717, 1.165) is 6.07 Å². The largest absolute Gasteiger partial charge is 0.505 e. The summed E-state index contributed by atoms with van der Waals surface area (Å²) in [5.41, 5.74) is 6.02. The summed E-state index contributed by atoms with van der Waals surface area (Å²) in [5, 5.41) is 9.37. The van der Waals surface area contributed by atoms with Crippen molar-refractivity contribution in [3.05, 3.63) is 29.3 Å². The molecule has 0 aliphatic rings. The van der Waals surface area contributed by atoms with Crippen LogP contribution in [0.3, 0.4) is 0 Å². The Kier molecular flexibility index (Phi) is 3.63. The van der Waals surface area contributed by atoms with Crippen molar-refractivity contribution in [2.24, 2.45) is 11.7 Å². The van der Waals surface area contributed by atoms with Gasteiger partial charge in [0, 0.05) is 11.6 Å². The van der Waals surface area contributed by atoms with Crippen molar-refractivity contribution in [2.45, 2.75) is 26.3 Å². The zero-order chi connectivity index (χ0) is 11.6. The van der Waals surface area contributed by atoms with Crippen molar-refractivity contribution < 1.29 is 13.9 Å². The van der Waals surface area contributed by atoms with Crippen LogP contribution in [0.1, 0.15) is 31.9 Å². The number of benzene rings is 1. The van der Waals surface area contributed by atoms with Gasteiger partial charge in [0.05, 0.1) is 0 Å². The number of hydrogen-bond donors (Lipinski definition) is 2. The van der Waals surface area contributed by atoms with E-state index in [4.69, 9.17) is 5.73 Å². The average molecular weight is 215 g/mol. The third-order valence-electron chi connectivity index (χ3n) is 2.23. The van der Waals surface area contributed by atoms with Crippen molar-refractivity contribution in [2.75, 3.05) is 0 Å². The fourth-order valence-corrected chi connectivity index (χ4v) is 1.49. The molecule has 4 heteroatoms. The van der Waals surface area contributed by atoms with Gasteiger partial charge in [0.1, 0.15) is 0 Å². The quantitative estimate of drug-likeness (QED) is 0.814. The zero-order valence-corrected chi connectivity index (χ0v) is 8.80. The summed E-state index contributed by atoms with van der Waals surface area (Å²) in [4.78, 5) is 0. The van der Waals surface area contributed by atoms with Crippen molar-refractivity contribution in [1.29, 1.82) is 0 Å². The highest BCUT2D eigenvalue weighted by molar-refractivity contribution is 5.36. The topological polar surface area (TPSA) is 46.2 Å². The van der Waals surface area contributed by atoms with E-state index in [1.807, 2.05) is 13.8 Å². The van der Waals surface area contributed by atoms with E-state index in [1.54, 1.807) is 0 Å². The number of rotatable bonds is 3. The number of nitrogens with two attached hydrogens (primary N) is 1. The second-order valence-corrected chi connectivity index (χ2v) is 4.04. The minimum absolute atomic E-state index is 0.252. The monoisotopic (exact) mass is 215 g/mol. The molecule has 0 amide bonds. The van der Waals surface area contributed by atoms with Gasteiger partial charge < -0.3 is 10.8 Å². The molecule has 1 atom stereocenters. The molecule has 0 unspecified atom stereocenters. The van der Waals surface area contributed by atoms with Crippen LogP contribution in [0.2, 0.25) is 0 Å². The molecular weight excluding hydrogens is 200 g/mol. The molecule has 1 aromatic carbocycles. The van der Waals surface area contributed by atoms with E-state index in [9.17, 15) is 13.9 Å². The van der Waals surface area contributed by atoms with Gasteiger partial charge in [-0.2, -0.15) is 4.39 Å². The van der Waals surface area contributed by atoms with E-state index in [1.165, 1.54) is 6.07 Å². The van der Waals surface area contributed by atoms with Gasteiger partial charge in [-0.25, -0.2) is 4.39 Å². The smallest absolute Gasteiger partial charge is 0.200 e. The van der Waals surface area contributed by atoms with Gasteiger partial charge in [-0.1, -0.05) is 19.9 Å².